The largest absolute Gasteiger partial charge is 0.481 e. The van der Waals surface area contributed by atoms with Gasteiger partial charge in [0.15, 0.2) is 0 Å². The number of carbonyl (C=O) groups is 1. The zero-order valence-corrected chi connectivity index (χ0v) is 10.7. The van der Waals surface area contributed by atoms with E-state index in [1.165, 1.54) is 32.1 Å². The maximum Gasteiger partial charge on any atom is 0.303 e. The molecule has 0 atom stereocenters. The Morgan fingerprint density at radius 1 is 1.19 bits per heavy atom. The fraction of sp³-hybridized carbons (Fsp3) is 0.929. The Hall–Kier alpha value is -0.530. The van der Waals surface area contributed by atoms with E-state index in [1.54, 1.807) is 0 Å². The molecule has 0 aromatic rings. The maximum absolute atomic E-state index is 10.4. The van der Waals surface area contributed by atoms with Crippen molar-refractivity contribution in [1.82, 2.24) is 0 Å². The maximum atomic E-state index is 10.4. The first-order valence-corrected chi connectivity index (χ1v) is 6.79. The van der Waals surface area contributed by atoms with E-state index in [2.05, 4.69) is 13.8 Å². The lowest BCUT2D eigenvalue weighted by atomic mass is 9.77. The molecule has 1 fully saturated rings. The van der Waals surface area contributed by atoms with Crippen LogP contribution in [0.4, 0.5) is 0 Å². The van der Waals surface area contributed by atoms with Crippen LogP contribution in [-0.2, 0) is 4.79 Å². The van der Waals surface area contributed by atoms with Gasteiger partial charge >= 0.3 is 5.97 Å². The van der Waals surface area contributed by atoms with Crippen LogP contribution in [0.1, 0.15) is 65.2 Å². The van der Waals surface area contributed by atoms with E-state index in [9.17, 15) is 4.79 Å². The monoisotopic (exact) mass is 226 g/mol. The van der Waals surface area contributed by atoms with Crippen molar-refractivity contribution in [2.75, 3.05) is 0 Å². The van der Waals surface area contributed by atoms with Crippen LogP contribution in [-0.4, -0.2) is 11.1 Å². The van der Waals surface area contributed by atoms with E-state index >= 15 is 0 Å². The third-order valence-corrected chi connectivity index (χ3v) is 3.77. The molecule has 0 bridgehead atoms. The molecule has 1 aliphatic carbocycles. The average Bonchev–Trinajstić information content (AvgIpc) is 2.19. The summed E-state index contributed by atoms with van der Waals surface area (Å²) in [7, 11) is 0. The third-order valence-electron chi connectivity index (χ3n) is 3.77. The molecular weight excluding hydrogens is 200 g/mol. The minimum absolute atomic E-state index is 0.353. The number of aliphatic carboxylic acids is 1. The summed E-state index contributed by atoms with van der Waals surface area (Å²) in [6.45, 7) is 4.61. The van der Waals surface area contributed by atoms with Gasteiger partial charge in [-0.25, -0.2) is 0 Å². The Morgan fingerprint density at radius 2 is 1.75 bits per heavy atom. The van der Waals surface area contributed by atoms with Crippen LogP contribution in [0.2, 0.25) is 0 Å². The van der Waals surface area contributed by atoms with Crippen LogP contribution in [0.5, 0.6) is 0 Å². The van der Waals surface area contributed by atoms with Gasteiger partial charge in [-0.3, -0.25) is 4.79 Å². The van der Waals surface area contributed by atoms with Crippen LogP contribution in [0.15, 0.2) is 0 Å². The molecule has 94 valence electrons. The quantitative estimate of drug-likeness (QED) is 0.740. The highest BCUT2D eigenvalue weighted by atomic mass is 16.4. The number of hydrogen-bond acceptors (Lipinski definition) is 1. The molecule has 1 rings (SSSR count). The van der Waals surface area contributed by atoms with Crippen molar-refractivity contribution >= 4 is 5.97 Å². The molecule has 0 saturated heterocycles. The third kappa shape index (κ3) is 5.53. The summed E-state index contributed by atoms with van der Waals surface area (Å²) in [6.07, 6.45) is 9.13. The second kappa shape index (κ2) is 6.93. The molecule has 1 N–H and O–H groups in total. The molecule has 2 heteroatoms. The highest BCUT2D eigenvalue weighted by molar-refractivity contribution is 5.66. The van der Waals surface area contributed by atoms with Crippen molar-refractivity contribution in [1.29, 1.82) is 0 Å². The van der Waals surface area contributed by atoms with Crippen molar-refractivity contribution < 1.29 is 9.90 Å². The smallest absolute Gasteiger partial charge is 0.303 e. The Balaban J connectivity index is 2.09. The molecule has 0 radical (unpaired) electrons. The van der Waals surface area contributed by atoms with E-state index in [0.717, 1.165) is 30.6 Å². The fourth-order valence-corrected chi connectivity index (χ4v) is 2.96. The van der Waals surface area contributed by atoms with Gasteiger partial charge in [0.25, 0.3) is 0 Å². The lowest BCUT2D eigenvalue weighted by Gasteiger charge is -2.29. The number of carboxylic acid groups (broad SMARTS) is 1. The zero-order valence-electron chi connectivity index (χ0n) is 10.7. The Kier molecular flexibility index (Phi) is 5.86. The van der Waals surface area contributed by atoms with Crippen molar-refractivity contribution in [3.05, 3.63) is 0 Å². The lowest BCUT2D eigenvalue weighted by molar-refractivity contribution is -0.137. The summed E-state index contributed by atoms with van der Waals surface area (Å²) >= 11 is 0. The highest BCUT2D eigenvalue weighted by Gasteiger charge is 2.21. The minimum atomic E-state index is -0.645. The van der Waals surface area contributed by atoms with E-state index in [-0.39, 0.29) is 0 Å². The SMILES string of the molecule is CC(C)CC1CCC(CCCC(=O)O)CC1. The molecule has 0 aliphatic heterocycles. The van der Waals surface area contributed by atoms with E-state index < -0.39 is 5.97 Å². The van der Waals surface area contributed by atoms with Gasteiger partial charge in [-0.1, -0.05) is 39.5 Å². The molecule has 0 aromatic carbocycles. The fourth-order valence-electron chi connectivity index (χ4n) is 2.96. The molecule has 2 nitrogen and oxygen atoms in total. The van der Waals surface area contributed by atoms with Gasteiger partial charge in [0.05, 0.1) is 0 Å². The van der Waals surface area contributed by atoms with Gasteiger partial charge in [0.1, 0.15) is 0 Å². The zero-order chi connectivity index (χ0) is 12.0. The van der Waals surface area contributed by atoms with Crippen molar-refractivity contribution in [3.63, 3.8) is 0 Å². The molecular formula is C14H26O2. The molecule has 1 aliphatic rings. The van der Waals surface area contributed by atoms with Crippen LogP contribution in [0.3, 0.4) is 0 Å². The van der Waals surface area contributed by atoms with E-state index in [1.807, 2.05) is 0 Å². The lowest BCUT2D eigenvalue weighted by Crippen LogP contribution is -2.16. The van der Waals surface area contributed by atoms with Crippen LogP contribution in [0, 0.1) is 17.8 Å². The molecule has 0 aromatic heterocycles. The average molecular weight is 226 g/mol. The van der Waals surface area contributed by atoms with Gasteiger partial charge < -0.3 is 5.11 Å². The van der Waals surface area contributed by atoms with E-state index in [0.29, 0.717) is 6.42 Å². The van der Waals surface area contributed by atoms with Crippen LogP contribution in [0.25, 0.3) is 0 Å². The summed E-state index contributed by atoms with van der Waals surface area (Å²) in [5.74, 6) is 1.93. The highest BCUT2D eigenvalue weighted by Crippen LogP contribution is 2.34. The van der Waals surface area contributed by atoms with Gasteiger partial charge in [-0.05, 0) is 37.0 Å². The molecule has 0 heterocycles. The number of hydrogen-bond donors (Lipinski definition) is 1. The Labute approximate surface area is 99.4 Å². The summed E-state index contributed by atoms with van der Waals surface area (Å²) in [6, 6.07) is 0. The summed E-state index contributed by atoms with van der Waals surface area (Å²) in [5.41, 5.74) is 0. The second-order valence-corrected chi connectivity index (χ2v) is 5.80. The van der Waals surface area contributed by atoms with Crippen molar-refractivity contribution in [2.24, 2.45) is 17.8 Å². The molecule has 1 saturated carbocycles. The second-order valence-electron chi connectivity index (χ2n) is 5.80. The van der Waals surface area contributed by atoms with Gasteiger partial charge in [0, 0.05) is 6.42 Å². The van der Waals surface area contributed by atoms with Crippen molar-refractivity contribution in [2.45, 2.75) is 65.2 Å². The first-order chi connectivity index (χ1) is 7.58. The molecule has 0 amide bonds. The van der Waals surface area contributed by atoms with E-state index in [4.69, 9.17) is 5.11 Å². The van der Waals surface area contributed by atoms with Gasteiger partial charge in [0.2, 0.25) is 0 Å². The molecule has 16 heavy (non-hydrogen) atoms. The van der Waals surface area contributed by atoms with Crippen LogP contribution >= 0.6 is 0 Å². The first kappa shape index (κ1) is 13.5. The van der Waals surface area contributed by atoms with Gasteiger partial charge in [-0.15, -0.1) is 0 Å². The summed E-state index contributed by atoms with van der Waals surface area (Å²) in [5, 5.41) is 8.58. The standard InChI is InChI=1S/C14H26O2/c1-11(2)10-13-8-6-12(7-9-13)4-3-5-14(15)16/h11-13H,3-10H2,1-2H3,(H,15,16). The van der Waals surface area contributed by atoms with Gasteiger partial charge in [-0.2, -0.15) is 0 Å². The molecule has 0 spiro atoms. The predicted molar refractivity (Wildman–Crippen MR) is 66.4 cm³/mol. The number of rotatable bonds is 6. The normalized spacial score (nSPS) is 25.9. The van der Waals surface area contributed by atoms with Crippen LogP contribution < -0.4 is 0 Å². The Morgan fingerprint density at radius 3 is 2.25 bits per heavy atom. The topological polar surface area (TPSA) is 37.3 Å². The summed E-state index contributed by atoms with van der Waals surface area (Å²) in [4.78, 5) is 10.4. The molecule has 0 unspecified atom stereocenters. The number of carboxylic acids is 1. The summed E-state index contributed by atoms with van der Waals surface area (Å²) < 4.78 is 0. The minimum Gasteiger partial charge on any atom is -0.481 e. The first-order valence-electron chi connectivity index (χ1n) is 6.79. The van der Waals surface area contributed by atoms with Crippen molar-refractivity contribution in [3.8, 4) is 0 Å². The Bertz CT molecular complexity index is 203. The predicted octanol–water partition coefficient (Wildman–Crippen LogP) is 4.09.